The minimum absolute atomic E-state index is 0.229. The van der Waals surface area contributed by atoms with E-state index in [1.807, 2.05) is 0 Å². The van der Waals surface area contributed by atoms with E-state index in [2.05, 4.69) is 0 Å². The van der Waals surface area contributed by atoms with Crippen molar-refractivity contribution in [2.45, 2.75) is 19.8 Å². The molecule has 1 heterocycles. The summed E-state index contributed by atoms with van der Waals surface area (Å²) in [7, 11) is 0. The molecule has 1 N–H and O–H groups in total. The largest absolute Gasteiger partial charge is 0.481 e. The molecular weight excluding hydrogens is 180 g/mol. The molecule has 0 saturated carbocycles. The zero-order valence-corrected chi connectivity index (χ0v) is 7.46. The van der Waals surface area contributed by atoms with Gasteiger partial charge in [-0.15, -0.1) is 0 Å². The van der Waals surface area contributed by atoms with Gasteiger partial charge in [0, 0.05) is 6.54 Å². The monoisotopic (exact) mass is 193 g/mol. The molecule has 5 heteroatoms. The molecule has 1 fully saturated rings. The van der Waals surface area contributed by atoms with Crippen molar-refractivity contribution in [3.8, 4) is 0 Å². The molecule has 1 saturated heterocycles. The number of aliphatic carboxylic acids is 1. The molecule has 1 unspecified atom stereocenters. The SMILES string of the molecule is CC1(C(=O)O)CCN(CC(F)F)C1. The Morgan fingerprint density at radius 2 is 2.31 bits per heavy atom. The van der Waals surface area contributed by atoms with Gasteiger partial charge in [-0.2, -0.15) is 0 Å². The van der Waals surface area contributed by atoms with Gasteiger partial charge in [-0.25, -0.2) is 8.78 Å². The zero-order valence-electron chi connectivity index (χ0n) is 7.46. The topological polar surface area (TPSA) is 40.5 Å². The Hall–Kier alpha value is -0.710. The summed E-state index contributed by atoms with van der Waals surface area (Å²) in [6.45, 7) is 1.96. The lowest BCUT2D eigenvalue weighted by molar-refractivity contribution is -0.147. The van der Waals surface area contributed by atoms with Gasteiger partial charge < -0.3 is 5.11 Å². The molecule has 76 valence electrons. The molecule has 0 radical (unpaired) electrons. The third kappa shape index (κ3) is 2.37. The van der Waals surface area contributed by atoms with Crippen LogP contribution in [0.4, 0.5) is 8.78 Å². The molecule has 0 aromatic heterocycles. The van der Waals surface area contributed by atoms with Gasteiger partial charge in [-0.1, -0.05) is 0 Å². The second-order valence-electron chi connectivity index (χ2n) is 3.74. The summed E-state index contributed by atoms with van der Waals surface area (Å²) in [5.41, 5.74) is -0.838. The van der Waals surface area contributed by atoms with Gasteiger partial charge in [0.25, 0.3) is 6.43 Å². The highest BCUT2D eigenvalue weighted by Gasteiger charge is 2.40. The van der Waals surface area contributed by atoms with Gasteiger partial charge in [-0.3, -0.25) is 9.69 Å². The van der Waals surface area contributed by atoms with Crippen molar-refractivity contribution in [1.82, 2.24) is 4.90 Å². The third-order valence-electron chi connectivity index (χ3n) is 2.46. The fourth-order valence-corrected chi connectivity index (χ4v) is 1.58. The minimum Gasteiger partial charge on any atom is -0.481 e. The molecule has 1 aliphatic heterocycles. The first kappa shape index (κ1) is 10.4. The van der Waals surface area contributed by atoms with Gasteiger partial charge in [0.05, 0.1) is 12.0 Å². The Bertz CT molecular complexity index is 210. The van der Waals surface area contributed by atoms with Crippen LogP contribution in [0.25, 0.3) is 0 Å². The van der Waals surface area contributed by atoms with E-state index >= 15 is 0 Å². The van der Waals surface area contributed by atoms with Crippen molar-refractivity contribution >= 4 is 5.97 Å². The van der Waals surface area contributed by atoms with Crippen molar-refractivity contribution in [2.24, 2.45) is 5.41 Å². The number of alkyl halides is 2. The molecule has 0 amide bonds. The van der Waals surface area contributed by atoms with Crippen LogP contribution >= 0.6 is 0 Å². The fourth-order valence-electron chi connectivity index (χ4n) is 1.58. The molecule has 3 nitrogen and oxygen atoms in total. The highest BCUT2D eigenvalue weighted by Crippen LogP contribution is 2.30. The van der Waals surface area contributed by atoms with E-state index in [1.54, 1.807) is 6.92 Å². The Balaban J connectivity index is 2.48. The molecule has 0 aromatic carbocycles. The van der Waals surface area contributed by atoms with Gasteiger partial charge in [0.1, 0.15) is 0 Å². The maximum atomic E-state index is 12.0. The summed E-state index contributed by atoms with van der Waals surface area (Å²) in [6, 6.07) is 0. The number of hydrogen-bond acceptors (Lipinski definition) is 2. The van der Waals surface area contributed by atoms with Crippen LogP contribution in [-0.4, -0.2) is 42.0 Å². The molecule has 0 bridgehead atoms. The van der Waals surface area contributed by atoms with Gasteiger partial charge in [-0.05, 0) is 19.9 Å². The van der Waals surface area contributed by atoms with Crippen LogP contribution in [0.3, 0.4) is 0 Å². The molecule has 1 atom stereocenters. The second-order valence-corrected chi connectivity index (χ2v) is 3.74. The van der Waals surface area contributed by atoms with E-state index in [9.17, 15) is 13.6 Å². The van der Waals surface area contributed by atoms with Crippen molar-refractivity contribution in [2.75, 3.05) is 19.6 Å². The molecule has 0 spiro atoms. The number of hydrogen-bond donors (Lipinski definition) is 1. The molecule has 13 heavy (non-hydrogen) atoms. The van der Waals surface area contributed by atoms with E-state index in [0.717, 1.165) is 0 Å². The maximum absolute atomic E-state index is 12.0. The number of carbonyl (C=O) groups is 1. The summed E-state index contributed by atoms with van der Waals surface area (Å²) in [4.78, 5) is 12.2. The smallest absolute Gasteiger partial charge is 0.310 e. The third-order valence-corrected chi connectivity index (χ3v) is 2.46. The van der Waals surface area contributed by atoms with Gasteiger partial charge in [0.2, 0.25) is 0 Å². The number of rotatable bonds is 3. The van der Waals surface area contributed by atoms with E-state index in [-0.39, 0.29) is 13.1 Å². The summed E-state index contributed by atoms with van der Waals surface area (Å²) < 4.78 is 23.9. The van der Waals surface area contributed by atoms with Gasteiger partial charge >= 0.3 is 5.97 Å². The number of likely N-dealkylation sites (tertiary alicyclic amines) is 1. The van der Waals surface area contributed by atoms with E-state index in [1.165, 1.54) is 4.90 Å². The Labute approximate surface area is 75.3 Å². The quantitative estimate of drug-likeness (QED) is 0.728. The summed E-state index contributed by atoms with van der Waals surface area (Å²) in [5, 5.41) is 8.81. The lowest BCUT2D eigenvalue weighted by atomic mass is 9.90. The van der Waals surface area contributed by atoms with Crippen molar-refractivity contribution in [1.29, 1.82) is 0 Å². The number of nitrogens with zero attached hydrogens (tertiary/aromatic N) is 1. The molecule has 0 aromatic rings. The highest BCUT2D eigenvalue weighted by molar-refractivity contribution is 5.74. The van der Waals surface area contributed by atoms with E-state index in [4.69, 9.17) is 5.11 Å². The van der Waals surface area contributed by atoms with Crippen LogP contribution < -0.4 is 0 Å². The second kappa shape index (κ2) is 3.57. The predicted molar refractivity (Wildman–Crippen MR) is 42.8 cm³/mol. The van der Waals surface area contributed by atoms with Crippen LogP contribution in [0.15, 0.2) is 0 Å². The van der Waals surface area contributed by atoms with Crippen molar-refractivity contribution in [3.05, 3.63) is 0 Å². The van der Waals surface area contributed by atoms with Crippen LogP contribution in [-0.2, 0) is 4.79 Å². The Kier molecular flexibility index (Phi) is 2.85. The Morgan fingerprint density at radius 3 is 2.69 bits per heavy atom. The average Bonchev–Trinajstić information content (AvgIpc) is 2.32. The van der Waals surface area contributed by atoms with Crippen LogP contribution in [0.2, 0.25) is 0 Å². The Morgan fingerprint density at radius 1 is 1.69 bits per heavy atom. The maximum Gasteiger partial charge on any atom is 0.310 e. The molecule has 0 aliphatic carbocycles. The minimum atomic E-state index is -2.38. The standard InChI is InChI=1S/C8H13F2NO2/c1-8(7(12)13)2-3-11(5-8)4-6(9)10/h6H,2-5H2,1H3,(H,12,13). The lowest BCUT2D eigenvalue weighted by Crippen LogP contribution is -2.33. The average molecular weight is 193 g/mol. The first-order valence-corrected chi connectivity index (χ1v) is 4.18. The molecule has 1 rings (SSSR count). The number of halogens is 2. The van der Waals surface area contributed by atoms with Gasteiger partial charge in [0.15, 0.2) is 0 Å². The first-order valence-electron chi connectivity index (χ1n) is 4.18. The van der Waals surface area contributed by atoms with Crippen molar-refractivity contribution in [3.63, 3.8) is 0 Å². The number of carboxylic acid groups (broad SMARTS) is 1. The van der Waals surface area contributed by atoms with Crippen molar-refractivity contribution < 1.29 is 18.7 Å². The van der Waals surface area contributed by atoms with Crippen LogP contribution in [0.5, 0.6) is 0 Å². The summed E-state index contributed by atoms with van der Waals surface area (Å²) in [6.07, 6.45) is -1.93. The first-order chi connectivity index (χ1) is 5.94. The summed E-state index contributed by atoms with van der Waals surface area (Å²) >= 11 is 0. The van der Waals surface area contributed by atoms with Crippen LogP contribution in [0, 0.1) is 5.41 Å². The van der Waals surface area contributed by atoms with E-state index < -0.39 is 17.8 Å². The molecule has 1 aliphatic rings. The van der Waals surface area contributed by atoms with Crippen LogP contribution in [0.1, 0.15) is 13.3 Å². The predicted octanol–water partition coefficient (Wildman–Crippen LogP) is 1.05. The zero-order chi connectivity index (χ0) is 10.1. The summed E-state index contributed by atoms with van der Waals surface area (Å²) in [5.74, 6) is -0.899. The lowest BCUT2D eigenvalue weighted by Gasteiger charge is -2.19. The fraction of sp³-hybridized carbons (Fsp3) is 0.875. The molecular formula is C8H13F2NO2. The van der Waals surface area contributed by atoms with E-state index in [0.29, 0.717) is 13.0 Å². The highest BCUT2D eigenvalue weighted by atomic mass is 19.3. The number of carboxylic acids is 1. The normalized spacial score (nSPS) is 29.8.